The number of piperazine rings is 1. The number of benzene rings is 1. The Morgan fingerprint density at radius 2 is 1.70 bits per heavy atom. The van der Waals surface area contributed by atoms with Crippen molar-refractivity contribution in [3.05, 3.63) is 52.3 Å². The monoisotopic (exact) mass is 369 g/mol. The fourth-order valence-electron chi connectivity index (χ4n) is 3.80. The third-order valence-electron chi connectivity index (χ3n) is 5.74. The van der Waals surface area contributed by atoms with E-state index in [1.165, 1.54) is 11.1 Å². The number of Topliss-reactive ketones (excluding diaryl/α,β-unsaturated/α-hetero) is 1. The Labute approximate surface area is 162 Å². The summed E-state index contributed by atoms with van der Waals surface area (Å²) in [6.45, 7) is 11.4. The number of hydrogen-bond donors (Lipinski definition) is 0. The SMILES string of the molecule is COc1ccc(C)cc1CN1CCN(CC(=O)c2cc(C)n(C)c2C)CC1. The smallest absolute Gasteiger partial charge is 0.178 e. The van der Waals surface area contributed by atoms with Crippen molar-refractivity contribution >= 4 is 5.78 Å². The molecular formula is C22H31N3O2. The van der Waals surface area contributed by atoms with E-state index in [2.05, 4.69) is 33.4 Å². The Morgan fingerprint density at radius 3 is 2.30 bits per heavy atom. The van der Waals surface area contributed by atoms with E-state index in [1.807, 2.05) is 33.0 Å². The van der Waals surface area contributed by atoms with Crippen LogP contribution in [0.3, 0.4) is 0 Å². The minimum absolute atomic E-state index is 0.227. The van der Waals surface area contributed by atoms with Crippen LogP contribution in [-0.4, -0.2) is 60.0 Å². The van der Waals surface area contributed by atoms with Crippen LogP contribution in [0.2, 0.25) is 0 Å². The number of aryl methyl sites for hydroxylation is 2. The molecule has 0 saturated carbocycles. The van der Waals surface area contributed by atoms with Gasteiger partial charge in [0.1, 0.15) is 5.75 Å². The topological polar surface area (TPSA) is 37.7 Å². The molecule has 0 amide bonds. The van der Waals surface area contributed by atoms with Crippen LogP contribution < -0.4 is 4.74 Å². The molecule has 5 nitrogen and oxygen atoms in total. The minimum Gasteiger partial charge on any atom is -0.496 e. The fraction of sp³-hybridized carbons (Fsp3) is 0.500. The molecule has 1 aromatic heterocycles. The van der Waals surface area contributed by atoms with Gasteiger partial charge in [-0.15, -0.1) is 0 Å². The van der Waals surface area contributed by atoms with Crippen molar-refractivity contribution < 1.29 is 9.53 Å². The third-order valence-corrected chi connectivity index (χ3v) is 5.74. The highest BCUT2D eigenvalue weighted by atomic mass is 16.5. The lowest BCUT2D eigenvalue weighted by molar-refractivity contribution is 0.0842. The first kappa shape index (κ1) is 19.6. The molecule has 0 N–H and O–H groups in total. The van der Waals surface area contributed by atoms with E-state index in [0.29, 0.717) is 6.54 Å². The highest BCUT2D eigenvalue weighted by Crippen LogP contribution is 2.22. The molecule has 0 bridgehead atoms. The summed E-state index contributed by atoms with van der Waals surface area (Å²) in [5, 5.41) is 0. The number of rotatable bonds is 6. The molecule has 3 rings (SSSR count). The van der Waals surface area contributed by atoms with Crippen molar-refractivity contribution in [1.82, 2.24) is 14.4 Å². The molecule has 2 heterocycles. The van der Waals surface area contributed by atoms with E-state index >= 15 is 0 Å². The zero-order valence-corrected chi connectivity index (χ0v) is 17.2. The second-order valence-electron chi connectivity index (χ2n) is 7.63. The molecule has 1 aromatic carbocycles. The standard InChI is InChI=1S/C22H31N3O2/c1-16-6-7-22(27-5)19(12-16)14-24-8-10-25(11-9-24)15-21(26)20-13-17(2)23(4)18(20)3/h6-7,12-13H,8-11,14-15H2,1-5H3. The van der Waals surface area contributed by atoms with Gasteiger partial charge in [0.2, 0.25) is 0 Å². The summed E-state index contributed by atoms with van der Waals surface area (Å²) in [5.74, 6) is 1.18. The van der Waals surface area contributed by atoms with Crippen LogP contribution in [0.15, 0.2) is 24.3 Å². The summed E-state index contributed by atoms with van der Waals surface area (Å²) >= 11 is 0. The lowest BCUT2D eigenvalue weighted by Gasteiger charge is -2.34. The lowest BCUT2D eigenvalue weighted by Crippen LogP contribution is -2.47. The first-order valence-corrected chi connectivity index (χ1v) is 9.63. The van der Waals surface area contributed by atoms with Crippen LogP contribution in [0.25, 0.3) is 0 Å². The highest BCUT2D eigenvalue weighted by molar-refractivity contribution is 5.99. The summed E-state index contributed by atoms with van der Waals surface area (Å²) in [6.07, 6.45) is 0. The Bertz CT molecular complexity index is 817. The van der Waals surface area contributed by atoms with Crippen molar-refractivity contribution in [1.29, 1.82) is 0 Å². The number of ketones is 1. The second kappa shape index (κ2) is 8.28. The van der Waals surface area contributed by atoms with Gasteiger partial charge in [-0.3, -0.25) is 14.6 Å². The van der Waals surface area contributed by atoms with Gasteiger partial charge in [0.15, 0.2) is 5.78 Å². The Hall–Kier alpha value is -2.11. The molecular weight excluding hydrogens is 338 g/mol. The van der Waals surface area contributed by atoms with E-state index in [0.717, 1.165) is 55.4 Å². The first-order valence-electron chi connectivity index (χ1n) is 9.63. The zero-order chi connectivity index (χ0) is 19.6. The largest absolute Gasteiger partial charge is 0.496 e. The number of nitrogens with zero attached hydrogens (tertiary/aromatic N) is 3. The minimum atomic E-state index is 0.227. The average Bonchev–Trinajstić information content (AvgIpc) is 2.91. The highest BCUT2D eigenvalue weighted by Gasteiger charge is 2.22. The molecule has 0 radical (unpaired) electrons. The van der Waals surface area contributed by atoms with Gasteiger partial charge in [-0.25, -0.2) is 0 Å². The quantitative estimate of drug-likeness (QED) is 0.734. The normalized spacial score (nSPS) is 15.9. The molecule has 0 unspecified atom stereocenters. The number of methoxy groups -OCH3 is 1. The Morgan fingerprint density at radius 1 is 1.04 bits per heavy atom. The van der Waals surface area contributed by atoms with Crippen LogP contribution in [0.4, 0.5) is 0 Å². The first-order chi connectivity index (χ1) is 12.9. The van der Waals surface area contributed by atoms with Crippen molar-refractivity contribution in [2.24, 2.45) is 7.05 Å². The molecule has 1 saturated heterocycles. The van der Waals surface area contributed by atoms with E-state index in [4.69, 9.17) is 4.74 Å². The van der Waals surface area contributed by atoms with Crippen molar-refractivity contribution in [3.8, 4) is 5.75 Å². The van der Waals surface area contributed by atoms with Gasteiger partial charge >= 0.3 is 0 Å². The molecule has 27 heavy (non-hydrogen) atoms. The zero-order valence-electron chi connectivity index (χ0n) is 17.2. The summed E-state index contributed by atoms with van der Waals surface area (Å²) in [6, 6.07) is 8.34. The Balaban J connectivity index is 1.55. The van der Waals surface area contributed by atoms with Crippen molar-refractivity contribution in [2.45, 2.75) is 27.3 Å². The van der Waals surface area contributed by atoms with E-state index in [1.54, 1.807) is 7.11 Å². The maximum atomic E-state index is 12.7. The number of hydrogen-bond acceptors (Lipinski definition) is 4. The van der Waals surface area contributed by atoms with Gasteiger partial charge in [0, 0.05) is 62.3 Å². The van der Waals surface area contributed by atoms with Gasteiger partial charge in [-0.1, -0.05) is 17.7 Å². The van der Waals surface area contributed by atoms with Crippen LogP contribution in [-0.2, 0) is 13.6 Å². The Kier molecular flexibility index (Phi) is 6.02. The van der Waals surface area contributed by atoms with E-state index < -0.39 is 0 Å². The van der Waals surface area contributed by atoms with Crippen LogP contribution >= 0.6 is 0 Å². The third kappa shape index (κ3) is 4.42. The van der Waals surface area contributed by atoms with Crippen LogP contribution in [0, 0.1) is 20.8 Å². The van der Waals surface area contributed by atoms with E-state index in [-0.39, 0.29) is 5.78 Å². The maximum absolute atomic E-state index is 12.7. The summed E-state index contributed by atoms with van der Waals surface area (Å²) in [5.41, 5.74) is 5.54. The van der Waals surface area contributed by atoms with Gasteiger partial charge in [-0.2, -0.15) is 0 Å². The molecule has 0 aliphatic carbocycles. The summed E-state index contributed by atoms with van der Waals surface area (Å²) < 4.78 is 7.59. The molecule has 1 aliphatic heterocycles. The number of ether oxygens (including phenoxy) is 1. The van der Waals surface area contributed by atoms with Gasteiger partial charge in [0.25, 0.3) is 0 Å². The lowest BCUT2D eigenvalue weighted by atomic mass is 10.1. The second-order valence-corrected chi connectivity index (χ2v) is 7.63. The van der Waals surface area contributed by atoms with Gasteiger partial charge < -0.3 is 9.30 Å². The summed E-state index contributed by atoms with van der Waals surface area (Å²) in [4.78, 5) is 17.4. The molecule has 146 valence electrons. The van der Waals surface area contributed by atoms with Crippen molar-refractivity contribution in [3.63, 3.8) is 0 Å². The van der Waals surface area contributed by atoms with Crippen LogP contribution in [0.5, 0.6) is 5.75 Å². The van der Waals surface area contributed by atoms with Crippen molar-refractivity contribution in [2.75, 3.05) is 39.8 Å². The van der Waals surface area contributed by atoms with Crippen LogP contribution in [0.1, 0.15) is 32.9 Å². The number of carbonyl (C=O) groups is 1. The predicted molar refractivity (Wildman–Crippen MR) is 109 cm³/mol. The number of carbonyl (C=O) groups excluding carboxylic acids is 1. The fourth-order valence-corrected chi connectivity index (χ4v) is 3.80. The molecule has 2 aromatic rings. The summed E-state index contributed by atoms with van der Waals surface area (Å²) in [7, 11) is 3.74. The predicted octanol–water partition coefficient (Wildman–Crippen LogP) is 2.96. The molecule has 0 spiro atoms. The molecule has 0 atom stereocenters. The van der Waals surface area contributed by atoms with E-state index in [9.17, 15) is 4.79 Å². The van der Waals surface area contributed by atoms with Gasteiger partial charge in [0.05, 0.1) is 13.7 Å². The molecule has 5 heteroatoms. The average molecular weight is 370 g/mol. The molecule has 1 aliphatic rings. The molecule has 1 fully saturated rings. The maximum Gasteiger partial charge on any atom is 0.178 e. The number of aromatic nitrogens is 1. The van der Waals surface area contributed by atoms with Gasteiger partial charge in [-0.05, 0) is 32.9 Å².